The van der Waals surface area contributed by atoms with Gasteiger partial charge >= 0.3 is 0 Å². The summed E-state index contributed by atoms with van der Waals surface area (Å²) in [5.74, 6) is 0. The third-order valence-corrected chi connectivity index (χ3v) is 4.44. The van der Waals surface area contributed by atoms with Crippen molar-refractivity contribution in [3.63, 3.8) is 0 Å². The van der Waals surface area contributed by atoms with Crippen molar-refractivity contribution in [3.05, 3.63) is 11.6 Å². The minimum atomic E-state index is 0.189. The first-order chi connectivity index (χ1) is 8.29. The quantitative estimate of drug-likeness (QED) is 0.685. The van der Waals surface area contributed by atoms with Crippen molar-refractivity contribution in [1.82, 2.24) is 5.32 Å². The first kappa shape index (κ1) is 13.1. The summed E-state index contributed by atoms with van der Waals surface area (Å²) in [7, 11) is 1.89. The molecule has 0 aliphatic heterocycles. The molecule has 0 aromatic heterocycles. The van der Waals surface area contributed by atoms with Crippen LogP contribution in [-0.2, 0) is 4.74 Å². The van der Waals surface area contributed by atoms with Crippen LogP contribution in [0.2, 0.25) is 0 Å². The van der Waals surface area contributed by atoms with E-state index in [1.165, 1.54) is 51.4 Å². The van der Waals surface area contributed by atoms with Crippen molar-refractivity contribution < 1.29 is 4.74 Å². The second kappa shape index (κ2) is 6.01. The number of methoxy groups -OCH3 is 1. The molecule has 1 saturated carbocycles. The number of hydrogen-bond acceptors (Lipinski definition) is 2. The second-order valence-electron chi connectivity index (χ2n) is 5.62. The predicted octanol–water partition coefficient (Wildman–Crippen LogP) is 3.42. The van der Waals surface area contributed by atoms with Gasteiger partial charge in [0.1, 0.15) is 0 Å². The van der Waals surface area contributed by atoms with Gasteiger partial charge in [0.05, 0.1) is 5.60 Å². The Labute approximate surface area is 106 Å². The molecule has 2 aliphatic rings. The van der Waals surface area contributed by atoms with E-state index < -0.39 is 0 Å². The molecule has 2 aliphatic carbocycles. The molecule has 98 valence electrons. The number of hydrogen-bond donors (Lipinski definition) is 1. The lowest BCUT2D eigenvalue weighted by molar-refractivity contribution is -0.0814. The van der Waals surface area contributed by atoms with Crippen LogP contribution in [0.15, 0.2) is 11.6 Å². The lowest BCUT2D eigenvalue weighted by atomic mass is 9.74. The van der Waals surface area contributed by atoms with Gasteiger partial charge in [0.25, 0.3) is 0 Å². The summed E-state index contributed by atoms with van der Waals surface area (Å²) in [5, 5.41) is 3.72. The largest absolute Gasteiger partial charge is 0.378 e. The maximum atomic E-state index is 5.78. The van der Waals surface area contributed by atoms with Gasteiger partial charge < -0.3 is 10.1 Å². The van der Waals surface area contributed by atoms with Gasteiger partial charge in [-0.3, -0.25) is 0 Å². The highest BCUT2D eigenvalue weighted by molar-refractivity contribution is 5.17. The van der Waals surface area contributed by atoms with Crippen LogP contribution in [0, 0.1) is 0 Å². The molecule has 0 bridgehead atoms. The second-order valence-corrected chi connectivity index (χ2v) is 5.62. The van der Waals surface area contributed by atoms with E-state index in [1.807, 2.05) is 7.11 Å². The first-order valence-corrected chi connectivity index (χ1v) is 7.27. The average Bonchev–Trinajstić information content (AvgIpc) is 2.81. The van der Waals surface area contributed by atoms with E-state index in [2.05, 4.69) is 18.3 Å². The molecular formula is C15H27NO. The Morgan fingerprint density at radius 2 is 2.24 bits per heavy atom. The lowest BCUT2D eigenvalue weighted by Crippen LogP contribution is -2.46. The van der Waals surface area contributed by atoms with Gasteiger partial charge in [-0.2, -0.15) is 0 Å². The Balaban J connectivity index is 1.94. The minimum absolute atomic E-state index is 0.189. The Hall–Kier alpha value is -0.340. The van der Waals surface area contributed by atoms with Crippen molar-refractivity contribution in [1.29, 1.82) is 0 Å². The zero-order chi connectivity index (χ0) is 12.1. The number of nitrogens with one attached hydrogen (secondary N) is 1. The fourth-order valence-electron chi connectivity index (χ4n) is 3.10. The maximum Gasteiger partial charge on any atom is 0.0696 e. The molecule has 0 aromatic rings. The van der Waals surface area contributed by atoms with Crippen molar-refractivity contribution in [2.45, 2.75) is 69.9 Å². The summed E-state index contributed by atoms with van der Waals surface area (Å²) >= 11 is 0. The van der Waals surface area contributed by atoms with Crippen LogP contribution in [0.1, 0.15) is 58.3 Å². The topological polar surface area (TPSA) is 21.3 Å². The molecule has 2 heteroatoms. The van der Waals surface area contributed by atoms with E-state index in [4.69, 9.17) is 4.74 Å². The highest BCUT2D eigenvalue weighted by Gasteiger charge is 2.39. The normalized spacial score (nSPS) is 24.2. The summed E-state index contributed by atoms with van der Waals surface area (Å²) in [4.78, 5) is 0. The Kier molecular flexibility index (Phi) is 4.63. The van der Waals surface area contributed by atoms with Crippen LogP contribution in [-0.4, -0.2) is 25.3 Å². The van der Waals surface area contributed by atoms with Crippen LogP contribution < -0.4 is 5.32 Å². The molecule has 1 atom stereocenters. The predicted molar refractivity (Wildman–Crippen MR) is 72.2 cm³/mol. The molecule has 2 nitrogen and oxygen atoms in total. The standard InChI is InChI=1S/C15H27NO/c1-3-11-16-14(13-7-4-5-8-13)12-15(17-2)9-6-10-15/h7,14,16H,3-6,8-12H2,1-2H3. The van der Waals surface area contributed by atoms with Crippen molar-refractivity contribution in [2.24, 2.45) is 0 Å². The summed E-state index contributed by atoms with van der Waals surface area (Å²) in [6, 6.07) is 0.567. The zero-order valence-electron chi connectivity index (χ0n) is 11.4. The fraction of sp³-hybridized carbons (Fsp3) is 0.867. The first-order valence-electron chi connectivity index (χ1n) is 7.27. The molecule has 0 spiro atoms. The molecule has 2 rings (SSSR count). The summed E-state index contributed by atoms with van der Waals surface area (Å²) in [6.07, 6.45) is 12.6. The van der Waals surface area contributed by atoms with Crippen LogP contribution in [0.25, 0.3) is 0 Å². The summed E-state index contributed by atoms with van der Waals surface area (Å²) in [5.41, 5.74) is 1.83. The van der Waals surface area contributed by atoms with Gasteiger partial charge in [0, 0.05) is 13.2 Å². The average molecular weight is 237 g/mol. The maximum absolute atomic E-state index is 5.78. The number of ether oxygens (including phenoxy) is 1. The Morgan fingerprint density at radius 3 is 2.71 bits per heavy atom. The fourth-order valence-corrected chi connectivity index (χ4v) is 3.10. The van der Waals surface area contributed by atoms with Crippen molar-refractivity contribution in [2.75, 3.05) is 13.7 Å². The summed E-state index contributed by atoms with van der Waals surface area (Å²) in [6.45, 7) is 3.37. The Bertz CT molecular complexity index is 263. The van der Waals surface area contributed by atoms with Crippen molar-refractivity contribution in [3.8, 4) is 0 Å². The molecule has 0 amide bonds. The molecule has 0 aromatic carbocycles. The lowest BCUT2D eigenvalue weighted by Gasteiger charge is -2.43. The van der Waals surface area contributed by atoms with Crippen LogP contribution >= 0.6 is 0 Å². The van der Waals surface area contributed by atoms with E-state index in [-0.39, 0.29) is 5.60 Å². The summed E-state index contributed by atoms with van der Waals surface area (Å²) < 4.78 is 5.78. The van der Waals surface area contributed by atoms with Gasteiger partial charge in [-0.1, -0.05) is 18.6 Å². The number of rotatable bonds is 7. The molecule has 17 heavy (non-hydrogen) atoms. The van der Waals surface area contributed by atoms with E-state index in [1.54, 1.807) is 5.57 Å². The van der Waals surface area contributed by atoms with E-state index in [9.17, 15) is 0 Å². The van der Waals surface area contributed by atoms with Crippen LogP contribution in [0.4, 0.5) is 0 Å². The van der Waals surface area contributed by atoms with Gasteiger partial charge in [-0.05, 0) is 57.9 Å². The monoisotopic (exact) mass is 237 g/mol. The molecule has 1 fully saturated rings. The molecule has 0 heterocycles. The van der Waals surface area contributed by atoms with Gasteiger partial charge in [-0.15, -0.1) is 0 Å². The third kappa shape index (κ3) is 3.11. The molecular weight excluding hydrogens is 210 g/mol. The molecule has 1 unspecified atom stereocenters. The van der Waals surface area contributed by atoms with Crippen LogP contribution in [0.3, 0.4) is 0 Å². The van der Waals surface area contributed by atoms with Gasteiger partial charge in [0.15, 0.2) is 0 Å². The zero-order valence-corrected chi connectivity index (χ0v) is 11.4. The van der Waals surface area contributed by atoms with Crippen molar-refractivity contribution >= 4 is 0 Å². The molecule has 1 N–H and O–H groups in total. The van der Waals surface area contributed by atoms with E-state index in [0.29, 0.717) is 6.04 Å². The highest BCUT2D eigenvalue weighted by atomic mass is 16.5. The Morgan fingerprint density at radius 1 is 1.41 bits per heavy atom. The molecule has 0 saturated heterocycles. The highest BCUT2D eigenvalue weighted by Crippen LogP contribution is 2.40. The van der Waals surface area contributed by atoms with Gasteiger partial charge in [-0.25, -0.2) is 0 Å². The third-order valence-electron chi connectivity index (χ3n) is 4.44. The smallest absolute Gasteiger partial charge is 0.0696 e. The van der Waals surface area contributed by atoms with E-state index >= 15 is 0 Å². The van der Waals surface area contributed by atoms with Gasteiger partial charge in [0.2, 0.25) is 0 Å². The van der Waals surface area contributed by atoms with E-state index in [0.717, 1.165) is 6.54 Å². The van der Waals surface area contributed by atoms with Crippen LogP contribution in [0.5, 0.6) is 0 Å². The molecule has 0 radical (unpaired) electrons. The minimum Gasteiger partial charge on any atom is -0.378 e. The SMILES string of the molecule is CCCNC(CC1(OC)CCC1)C1=CCCC1. The number of allylic oxidation sites excluding steroid dienone is 1.